The summed E-state index contributed by atoms with van der Waals surface area (Å²) in [5.74, 6) is 0.128. The molecule has 0 aliphatic carbocycles. The molecule has 1 aliphatic heterocycles. The SMILES string of the molecule is CC(Cl)CCNC(=O)C1Cc2ccccc2S1. The predicted octanol–water partition coefficient (Wildman–Crippen LogP) is 2.84. The van der Waals surface area contributed by atoms with E-state index in [0.29, 0.717) is 6.54 Å². The fourth-order valence-corrected chi connectivity index (χ4v) is 3.17. The van der Waals surface area contributed by atoms with Crippen LogP contribution in [0.3, 0.4) is 0 Å². The lowest BCUT2D eigenvalue weighted by atomic mass is 10.1. The normalized spacial score (nSPS) is 19.8. The Balaban J connectivity index is 1.84. The largest absolute Gasteiger partial charge is 0.355 e. The van der Waals surface area contributed by atoms with E-state index < -0.39 is 0 Å². The molecule has 1 N–H and O–H groups in total. The molecule has 0 aromatic heterocycles. The molecule has 4 heteroatoms. The van der Waals surface area contributed by atoms with Crippen molar-refractivity contribution >= 4 is 29.3 Å². The second-order valence-electron chi connectivity index (χ2n) is 4.28. The van der Waals surface area contributed by atoms with Crippen LogP contribution in [0.2, 0.25) is 0 Å². The molecule has 1 amide bonds. The van der Waals surface area contributed by atoms with E-state index in [9.17, 15) is 4.79 Å². The average molecular weight is 270 g/mol. The summed E-state index contributed by atoms with van der Waals surface area (Å²) in [5, 5.41) is 3.09. The maximum Gasteiger partial charge on any atom is 0.233 e. The van der Waals surface area contributed by atoms with Gasteiger partial charge in [-0.25, -0.2) is 0 Å². The zero-order chi connectivity index (χ0) is 12.3. The van der Waals surface area contributed by atoms with Gasteiger partial charge in [0, 0.05) is 16.8 Å². The number of alkyl halides is 1. The Hall–Kier alpha value is -0.670. The van der Waals surface area contributed by atoms with E-state index in [1.54, 1.807) is 11.8 Å². The summed E-state index contributed by atoms with van der Waals surface area (Å²) in [7, 11) is 0. The molecule has 2 unspecified atom stereocenters. The van der Waals surface area contributed by atoms with E-state index in [0.717, 1.165) is 12.8 Å². The molecule has 1 heterocycles. The number of fused-ring (bicyclic) bond motifs is 1. The number of halogens is 1. The first-order valence-electron chi connectivity index (χ1n) is 5.83. The van der Waals surface area contributed by atoms with Crippen LogP contribution in [0.15, 0.2) is 29.2 Å². The highest BCUT2D eigenvalue weighted by Crippen LogP contribution is 2.36. The fraction of sp³-hybridized carbons (Fsp3) is 0.462. The maximum atomic E-state index is 11.9. The Labute approximate surface area is 111 Å². The molecule has 0 saturated carbocycles. The summed E-state index contributed by atoms with van der Waals surface area (Å²) in [4.78, 5) is 13.2. The Morgan fingerprint density at radius 1 is 1.59 bits per heavy atom. The van der Waals surface area contributed by atoms with E-state index >= 15 is 0 Å². The second-order valence-corrected chi connectivity index (χ2v) is 6.27. The first kappa shape index (κ1) is 12.8. The van der Waals surface area contributed by atoms with Gasteiger partial charge in [-0.05, 0) is 31.4 Å². The van der Waals surface area contributed by atoms with Gasteiger partial charge >= 0.3 is 0 Å². The van der Waals surface area contributed by atoms with Crippen molar-refractivity contribution < 1.29 is 4.79 Å². The monoisotopic (exact) mass is 269 g/mol. The number of thioether (sulfide) groups is 1. The molecule has 0 bridgehead atoms. The molecule has 92 valence electrons. The van der Waals surface area contributed by atoms with Gasteiger partial charge in [-0.15, -0.1) is 23.4 Å². The number of benzene rings is 1. The topological polar surface area (TPSA) is 29.1 Å². The van der Waals surface area contributed by atoms with Crippen LogP contribution in [0.5, 0.6) is 0 Å². The minimum atomic E-state index is 0.0260. The molecule has 0 spiro atoms. The van der Waals surface area contributed by atoms with Gasteiger partial charge in [0.15, 0.2) is 0 Å². The highest BCUT2D eigenvalue weighted by molar-refractivity contribution is 8.01. The van der Waals surface area contributed by atoms with E-state index in [1.165, 1.54) is 10.5 Å². The van der Waals surface area contributed by atoms with Crippen LogP contribution in [0.4, 0.5) is 0 Å². The summed E-state index contributed by atoms with van der Waals surface area (Å²) >= 11 is 7.50. The zero-order valence-electron chi connectivity index (χ0n) is 9.78. The number of hydrogen-bond acceptors (Lipinski definition) is 2. The minimum Gasteiger partial charge on any atom is -0.355 e. The second kappa shape index (κ2) is 5.78. The summed E-state index contributed by atoms with van der Waals surface area (Å²) in [6.45, 7) is 2.60. The number of hydrogen-bond donors (Lipinski definition) is 1. The molecule has 0 saturated heterocycles. The van der Waals surface area contributed by atoms with Crippen LogP contribution in [-0.4, -0.2) is 23.1 Å². The quantitative estimate of drug-likeness (QED) is 0.852. The third-order valence-electron chi connectivity index (χ3n) is 2.78. The van der Waals surface area contributed by atoms with Crippen LogP contribution < -0.4 is 5.32 Å². The van der Waals surface area contributed by atoms with Crippen LogP contribution in [0.1, 0.15) is 18.9 Å². The van der Waals surface area contributed by atoms with Gasteiger partial charge in [0.1, 0.15) is 0 Å². The van der Waals surface area contributed by atoms with Gasteiger partial charge < -0.3 is 5.32 Å². The number of rotatable bonds is 4. The Bertz CT molecular complexity index is 383. The smallest absolute Gasteiger partial charge is 0.233 e. The molecule has 0 radical (unpaired) electrons. The van der Waals surface area contributed by atoms with Gasteiger partial charge in [0.2, 0.25) is 5.91 Å². The number of carbonyl (C=O) groups is 1. The number of carbonyl (C=O) groups excluding carboxylic acids is 1. The Morgan fingerprint density at radius 2 is 2.35 bits per heavy atom. The number of nitrogens with one attached hydrogen (secondary N) is 1. The summed E-state index contributed by atoms with van der Waals surface area (Å²) in [6.07, 6.45) is 1.65. The molecule has 2 nitrogen and oxygen atoms in total. The van der Waals surface area contributed by atoms with Gasteiger partial charge in [0.25, 0.3) is 0 Å². The standard InChI is InChI=1S/C13H16ClNOS/c1-9(14)6-7-15-13(16)12-8-10-4-2-3-5-11(10)17-12/h2-5,9,12H,6-8H2,1H3,(H,15,16). The molecule has 1 aromatic carbocycles. The summed E-state index contributed by atoms with van der Waals surface area (Å²) < 4.78 is 0. The van der Waals surface area contributed by atoms with Gasteiger partial charge in [-0.1, -0.05) is 18.2 Å². The molecule has 2 atom stereocenters. The molecule has 17 heavy (non-hydrogen) atoms. The molecular weight excluding hydrogens is 254 g/mol. The van der Waals surface area contributed by atoms with Crippen LogP contribution in [-0.2, 0) is 11.2 Å². The number of amides is 1. The van der Waals surface area contributed by atoms with E-state index in [4.69, 9.17) is 11.6 Å². The first-order chi connectivity index (χ1) is 8.16. The van der Waals surface area contributed by atoms with Crippen LogP contribution in [0, 0.1) is 0 Å². The van der Waals surface area contributed by atoms with Gasteiger partial charge in [-0.2, -0.15) is 0 Å². The lowest BCUT2D eigenvalue weighted by molar-refractivity contribution is -0.120. The highest BCUT2D eigenvalue weighted by Gasteiger charge is 2.27. The maximum absolute atomic E-state index is 11.9. The fourth-order valence-electron chi connectivity index (χ4n) is 1.84. The van der Waals surface area contributed by atoms with Crippen molar-refractivity contribution in [2.45, 2.75) is 35.3 Å². The van der Waals surface area contributed by atoms with Gasteiger partial charge in [-0.3, -0.25) is 4.79 Å². The zero-order valence-corrected chi connectivity index (χ0v) is 11.4. The minimum absolute atomic E-state index is 0.0260. The Morgan fingerprint density at radius 3 is 3.06 bits per heavy atom. The van der Waals surface area contributed by atoms with Crippen molar-refractivity contribution in [3.8, 4) is 0 Å². The van der Waals surface area contributed by atoms with E-state index in [2.05, 4.69) is 17.4 Å². The summed E-state index contributed by atoms with van der Waals surface area (Å²) in [6, 6.07) is 8.21. The van der Waals surface area contributed by atoms with Crippen molar-refractivity contribution in [2.24, 2.45) is 0 Å². The van der Waals surface area contributed by atoms with Crippen LogP contribution >= 0.6 is 23.4 Å². The molecule has 2 rings (SSSR count). The van der Waals surface area contributed by atoms with Crippen molar-refractivity contribution in [2.75, 3.05) is 6.54 Å². The highest BCUT2D eigenvalue weighted by atomic mass is 35.5. The first-order valence-corrected chi connectivity index (χ1v) is 7.15. The third kappa shape index (κ3) is 3.39. The lowest BCUT2D eigenvalue weighted by Crippen LogP contribution is -2.33. The van der Waals surface area contributed by atoms with Gasteiger partial charge in [0.05, 0.1) is 5.25 Å². The Kier molecular flexibility index (Phi) is 4.35. The summed E-state index contributed by atoms with van der Waals surface area (Å²) in [5.41, 5.74) is 1.28. The van der Waals surface area contributed by atoms with E-state index in [-0.39, 0.29) is 16.5 Å². The van der Waals surface area contributed by atoms with Crippen molar-refractivity contribution in [1.29, 1.82) is 0 Å². The van der Waals surface area contributed by atoms with Crippen molar-refractivity contribution in [3.63, 3.8) is 0 Å². The van der Waals surface area contributed by atoms with Crippen LogP contribution in [0.25, 0.3) is 0 Å². The molecular formula is C13H16ClNOS. The molecule has 1 aliphatic rings. The lowest BCUT2D eigenvalue weighted by Gasteiger charge is -2.10. The van der Waals surface area contributed by atoms with Crippen molar-refractivity contribution in [1.82, 2.24) is 5.32 Å². The molecule has 0 fully saturated rings. The average Bonchev–Trinajstić information content (AvgIpc) is 2.71. The molecule has 1 aromatic rings. The van der Waals surface area contributed by atoms with E-state index in [1.807, 2.05) is 19.1 Å². The predicted molar refractivity (Wildman–Crippen MR) is 72.7 cm³/mol. The van der Waals surface area contributed by atoms with Crippen molar-refractivity contribution in [3.05, 3.63) is 29.8 Å². The third-order valence-corrected chi connectivity index (χ3v) is 4.32.